The highest BCUT2D eigenvalue weighted by molar-refractivity contribution is 5.56. The second-order valence-corrected chi connectivity index (χ2v) is 4.42. The first-order valence-electron chi connectivity index (χ1n) is 6.45. The van der Waals surface area contributed by atoms with Crippen LogP contribution < -0.4 is 19.9 Å². The van der Waals surface area contributed by atoms with Crippen molar-refractivity contribution in [2.45, 2.75) is 6.92 Å². The summed E-state index contributed by atoms with van der Waals surface area (Å²) in [6, 6.07) is 13.2. The zero-order valence-corrected chi connectivity index (χ0v) is 11.8. The van der Waals surface area contributed by atoms with Gasteiger partial charge in [0.25, 0.3) is 0 Å². The lowest BCUT2D eigenvalue weighted by molar-refractivity contribution is 0.217. The fourth-order valence-corrected chi connectivity index (χ4v) is 1.80. The molecule has 0 saturated carbocycles. The molecule has 4 nitrogen and oxygen atoms in total. The van der Waals surface area contributed by atoms with E-state index in [0.717, 1.165) is 5.75 Å². The molecule has 0 spiro atoms. The lowest BCUT2D eigenvalue weighted by Crippen LogP contribution is -2.10. The molecule has 0 fully saturated rings. The topological polar surface area (TPSA) is 53.7 Å². The van der Waals surface area contributed by atoms with Gasteiger partial charge < -0.3 is 19.9 Å². The monoisotopic (exact) mass is 273 g/mol. The molecule has 2 N–H and O–H groups in total. The van der Waals surface area contributed by atoms with Gasteiger partial charge in [-0.15, -0.1) is 0 Å². The lowest BCUT2D eigenvalue weighted by atomic mass is 10.2. The highest BCUT2D eigenvalue weighted by Gasteiger charge is 2.02. The van der Waals surface area contributed by atoms with Crippen molar-refractivity contribution in [2.75, 3.05) is 26.1 Å². The highest BCUT2D eigenvalue weighted by atomic mass is 16.5. The van der Waals surface area contributed by atoms with Crippen molar-refractivity contribution < 1.29 is 14.2 Å². The SMILES string of the molecule is COc1ccc(OCCOc2cccc(C)c2)c(N)c1. The maximum atomic E-state index is 5.86. The standard InChI is InChI=1S/C16H19NO3/c1-12-4-3-5-14(10-12)19-8-9-20-16-7-6-13(18-2)11-15(16)17/h3-7,10-11H,8-9,17H2,1-2H3. The molecule has 0 amide bonds. The summed E-state index contributed by atoms with van der Waals surface area (Å²) in [5.74, 6) is 2.20. The van der Waals surface area contributed by atoms with Crippen molar-refractivity contribution in [3.8, 4) is 17.2 Å². The van der Waals surface area contributed by atoms with Gasteiger partial charge in [0, 0.05) is 6.07 Å². The van der Waals surface area contributed by atoms with Crippen LogP contribution >= 0.6 is 0 Å². The number of methoxy groups -OCH3 is 1. The number of benzene rings is 2. The summed E-state index contributed by atoms with van der Waals surface area (Å²) in [6.45, 7) is 2.93. The molecule has 20 heavy (non-hydrogen) atoms. The van der Waals surface area contributed by atoms with E-state index in [1.165, 1.54) is 5.56 Å². The van der Waals surface area contributed by atoms with Gasteiger partial charge in [-0.1, -0.05) is 12.1 Å². The number of hydrogen-bond donors (Lipinski definition) is 1. The van der Waals surface area contributed by atoms with Crippen molar-refractivity contribution in [3.63, 3.8) is 0 Å². The number of ether oxygens (including phenoxy) is 3. The van der Waals surface area contributed by atoms with Gasteiger partial charge in [0.1, 0.15) is 30.5 Å². The predicted octanol–water partition coefficient (Wildman–Crippen LogP) is 3.04. The molecule has 0 aliphatic rings. The van der Waals surface area contributed by atoms with Gasteiger partial charge in [-0.2, -0.15) is 0 Å². The molecule has 0 radical (unpaired) electrons. The molecule has 0 heterocycles. The number of aryl methyl sites for hydroxylation is 1. The second-order valence-electron chi connectivity index (χ2n) is 4.42. The normalized spacial score (nSPS) is 10.1. The zero-order chi connectivity index (χ0) is 14.4. The van der Waals surface area contributed by atoms with Crippen molar-refractivity contribution >= 4 is 5.69 Å². The second kappa shape index (κ2) is 6.70. The first kappa shape index (κ1) is 14.1. The predicted molar refractivity (Wildman–Crippen MR) is 79.6 cm³/mol. The molecule has 2 aromatic rings. The van der Waals surface area contributed by atoms with E-state index in [2.05, 4.69) is 0 Å². The third kappa shape index (κ3) is 3.82. The van der Waals surface area contributed by atoms with E-state index >= 15 is 0 Å². The molecule has 0 bridgehead atoms. The fourth-order valence-electron chi connectivity index (χ4n) is 1.80. The minimum Gasteiger partial charge on any atom is -0.497 e. The van der Waals surface area contributed by atoms with Crippen LogP contribution in [0, 0.1) is 6.92 Å². The Balaban J connectivity index is 1.81. The third-order valence-corrected chi connectivity index (χ3v) is 2.82. The highest BCUT2D eigenvalue weighted by Crippen LogP contribution is 2.26. The molecule has 0 aliphatic carbocycles. The van der Waals surface area contributed by atoms with E-state index in [0.29, 0.717) is 30.4 Å². The third-order valence-electron chi connectivity index (χ3n) is 2.82. The zero-order valence-electron chi connectivity index (χ0n) is 11.8. The van der Waals surface area contributed by atoms with Crippen molar-refractivity contribution in [1.29, 1.82) is 0 Å². The first-order valence-corrected chi connectivity index (χ1v) is 6.45. The van der Waals surface area contributed by atoms with Gasteiger partial charge in [0.15, 0.2) is 0 Å². The molecule has 0 aromatic heterocycles. The molecule has 0 aliphatic heterocycles. The van der Waals surface area contributed by atoms with E-state index in [1.807, 2.05) is 37.3 Å². The maximum absolute atomic E-state index is 5.86. The summed E-state index contributed by atoms with van der Waals surface area (Å²) < 4.78 is 16.3. The van der Waals surface area contributed by atoms with Crippen LogP contribution in [0.25, 0.3) is 0 Å². The van der Waals surface area contributed by atoms with Gasteiger partial charge >= 0.3 is 0 Å². The number of rotatable bonds is 6. The fraction of sp³-hybridized carbons (Fsp3) is 0.250. The van der Waals surface area contributed by atoms with E-state index in [-0.39, 0.29) is 0 Å². The van der Waals surface area contributed by atoms with Crippen LogP contribution in [0.15, 0.2) is 42.5 Å². The van der Waals surface area contributed by atoms with Crippen molar-refractivity contribution in [2.24, 2.45) is 0 Å². The summed E-state index contributed by atoms with van der Waals surface area (Å²) in [5.41, 5.74) is 7.59. The van der Waals surface area contributed by atoms with Gasteiger partial charge in [-0.3, -0.25) is 0 Å². The molecule has 0 unspecified atom stereocenters. The molecule has 2 aromatic carbocycles. The van der Waals surface area contributed by atoms with Crippen LogP contribution in [0.2, 0.25) is 0 Å². The van der Waals surface area contributed by atoms with E-state index < -0.39 is 0 Å². The summed E-state index contributed by atoms with van der Waals surface area (Å²) in [7, 11) is 1.60. The number of hydrogen-bond acceptors (Lipinski definition) is 4. The lowest BCUT2D eigenvalue weighted by Gasteiger charge is -2.11. The van der Waals surface area contributed by atoms with E-state index in [1.54, 1.807) is 19.2 Å². The molecular weight excluding hydrogens is 254 g/mol. The van der Waals surface area contributed by atoms with Crippen LogP contribution in [0.3, 0.4) is 0 Å². The van der Waals surface area contributed by atoms with Gasteiger partial charge in [0.2, 0.25) is 0 Å². The first-order chi connectivity index (χ1) is 9.69. The Hall–Kier alpha value is -2.36. The molecule has 0 saturated heterocycles. The summed E-state index contributed by atoms with van der Waals surface area (Å²) in [5, 5.41) is 0. The van der Waals surface area contributed by atoms with Crippen LogP contribution in [-0.2, 0) is 0 Å². The van der Waals surface area contributed by atoms with Gasteiger partial charge in [-0.25, -0.2) is 0 Å². The number of anilines is 1. The van der Waals surface area contributed by atoms with Crippen LogP contribution in [-0.4, -0.2) is 20.3 Å². The minimum absolute atomic E-state index is 0.435. The number of nitrogens with two attached hydrogens (primary N) is 1. The largest absolute Gasteiger partial charge is 0.497 e. The molecule has 4 heteroatoms. The average molecular weight is 273 g/mol. The number of nitrogen functional groups attached to an aromatic ring is 1. The van der Waals surface area contributed by atoms with Gasteiger partial charge in [-0.05, 0) is 36.8 Å². The Morgan fingerprint density at radius 1 is 0.950 bits per heavy atom. The smallest absolute Gasteiger partial charge is 0.142 e. The minimum atomic E-state index is 0.435. The Labute approximate surface area is 119 Å². The summed E-state index contributed by atoms with van der Waals surface area (Å²) >= 11 is 0. The van der Waals surface area contributed by atoms with Crippen LogP contribution in [0.1, 0.15) is 5.56 Å². The Morgan fingerprint density at radius 3 is 2.45 bits per heavy atom. The summed E-state index contributed by atoms with van der Waals surface area (Å²) in [4.78, 5) is 0. The molecule has 0 atom stereocenters. The van der Waals surface area contributed by atoms with E-state index in [4.69, 9.17) is 19.9 Å². The van der Waals surface area contributed by atoms with E-state index in [9.17, 15) is 0 Å². The van der Waals surface area contributed by atoms with Gasteiger partial charge in [0.05, 0.1) is 12.8 Å². The van der Waals surface area contributed by atoms with Crippen molar-refractivity contribution in [3.05, 3.63) is 48.0 Å². The maximum Gasteiger partial charge on any atom is 0.142 e. The summed E-state index contributed by atoms with van der Waals surface area (Å²) in [6.07, 6.45) is 0. The molecule has 106 valence electrons. The van der Waals surface area contributed by atoms with Crippen molar-refractivity contribution in [1.82, 2.24) is 0 Å². The quantitative estimate of drug-likeness (QED) is 0.649. The molecule has 2 rings (SSSR count). The van der Waals surface area contributed by atoms with Crippen LogP contribution in [0.5, 0.6) is 17.2 Å². The molecular formula is C16H19NO3. The Bertz CT molecular complexity index is 569. The van der Waals surface area contributed by atoms with Crippen LogP contribution in [0.4, 0.5) is 5.69 Å². The Morgan fingerprint density at radius 2 is 1.75 bits per heavy atom. The average Bonchev–Trinajstić information content (AvgIpc) is 2.45. The Kier molecular flexibility index (Phi) is 4.71.